The van der Waals surface area contributed by atoms with E-state index in [0.717, 1.165) is 5.57 Å². The molecule has 1 aromatic rings. The van der Waals surface area contributed by atoms with E-state index in [2.05, 4.69) is 6.07 Å². The predicted octanol–water partition coefficient (Wildman–Crippen LogP) is 1.91. The number of hydrogen-bond acceptors (Lipinski definition) is 5. The summed E-state index contributed by atoms with van der Waals surface area (Å²) >= 11 is 0. The Hall–Kier alpha value is -2.82. The van der Waals surface area contributed by atoms with Crippen LogP contribution in [-0.2, 0) is 14.8 Å². The Morgan fingerprint density at radius 2 is 2.08 bits per heavy atom. The summed E-state index contributed by atoms with van der Waals surface area (Å²) in [6, 6.07) is 8.42. The molecule has 7 heteroatoms. The van der Waals surface area contributed by atoms with E-state index in [0.29, 0.717) is 22.6 Å². The molecule has 0 saturated carbocycles. The van der Waals surface area contributed by atoms with E-state index in [1.54, 1.807) is 25.3 Å². The maximum absolute atomic E-state index is 11.6. The molecule has 25 heavy (non-hydrogen) atoms. The van der Waals surface area contributed by atoms with Crippen LogP contribution < -0.4 is 5.14 Å². The standard InChI is InChI=1S/C18H17N3O3S/c1-21-17-9-7-13(24-2)6-8-15(17)16(11-19)18(21)12-4-3-5-14(10-12)25(20,22)23/h3-10,17H,1-2H3,(H2,20,22,23). The van der Waals surface area contributed by atoms with E-state index >= 15 is 0 Å². The van der Waals surface area contributed by atoms with Crippen LogP contribution in [0.1, 0.15) is 5.56 Å². The van der Waals surface area contributed by atoms with Gasteiger partial charge in [0.1, 0.15) is 11.8 Å². The second-order valence-corrected chi connectivity index (χ2v) is 7.28. The lowest BCUT2D eigenvalue weighted by Crippen LogP contribution is -2.24. The van der Waals surface area contributed by atoms with Crippen LogP contribution in [0, 0.1) is 11.3 Å². The van der Waals surface area contributed by atoms with Gasteiger partial charge in [-0.15, -0.1) is 0 Å². The van der Waals surface area contributed by atoms with Crippen molar-refractivity contribution >= 4 is 15.7 Å². The van der Waals surface area contributed by atoms with Gasteiger partial charge in [-0.2, -0.15) is 5.26 Å². The largest absolute Gasteiger partial charge is 0.497 e. The highest BCUT2D eigenvalue weighted by Gasteiger charge is 2.34. The van der Waals surface area contributed by atoms with E-state index in [-0.39, 0.29) is 10.9 Å². The number of nitrogens with two attached hydrogens (primary N) is 1. The summed E-state index contributed by atoms with van der Waals surface area (Å²) in [5, 5.41) is 14.9. The van der Waals surface area contributed by atoms with Gasteiger partial charge in [0.15, 0.2) is 0 Å². The Balaban J connectivity index is 2.18. The van der Waals surface area contributed by atoms with Gasteiger partial charge in [-0.1, -0.05) is 24.3 Å². The Kier molecular flexibility index (Phi) is 4.25. The molecule has 3 rings (SSSR count). The van der Waals surface area contributed by atoms with E-state index < -0.39 is 10.0 Å². The lowest BCUT2D eigenvalue weighted by Gasteiger charge is -2.23. The first-order valence-corrected chi connectivity index (χ1v) is 9.06. The zero-order valence-electron chi connectivity index (χ0n) is 13.8. The van der Waals surface area contributed by atoms with Crippen molar-refractivity contribution in [2.24, 2.45) is 5.14 Å². The second-order valence-electron chi connectivity index (χ2n) is 5.72. The first-order valence-electron chi connectivity index (χ1n) is 7.51. The minimum absolute atomic E-state index is 0.0152. The highest BCUT2D eigenvalue weighted by Crippen LogP contribution is 2.40. The molecule has 0 amide bonds. The van der Waals surface area contributed by atoms with Gasteiger partial charge in [0.2, 0.25) is 10.0 Å². The average molecular weight is 355 g/mol. The normalized spacial score (nSPS) is 19.8. The van der Waals surface area contributed by atoms with Crippen LogP contribution >= 0.6 is 0 Å². The number of benzene rings is 1. The molecule has 0 radical (unpaired) electrons. The van der Waals surface area contributed by atoms with Gasteiger partial charge in [0.05, 0.1) is 29.3 Å². The fourth-order valence-electron chi connectivity index (χ4n) is 3.06. The molecule has 0 spiro atoms. The molecule has 0 aromatic heterocycles. The number of allylic oxidation sites excluding steroid dienone is 3. The highest BCUT2D eigenvalue weighted by atomic mass is 32.2. The molecule has 0 fully saturated rings. The van der Waals surface area contributed by atoms with E-state index in [4.69, 9.17) is 9.88 Å². The first kappa shape index (κ1) is 17.0. The third-order valence-corrected chi connectivity index (χ3v) is 5.18. The third-order valence-electron chi connectivity index (χ3n) is 4.27. The third kappa shape index (κ3) is 2.97. The smallest absolute Gasteiger partial charge is 0.238 e. The second kappa shape index (κ2) is 6.24. The summed E-state index contributed by atoms with van der Waals surface area (Å²) in [7, 11) is -0.365. The van der Waals surface area contributed by atoms with E-state index in [1.165, 1.54) is 12.1 Å². The van der Waals surface area contributed by atoms with Crippen molar-refractivity contribution < 1.29 is 13.2 Å². The van der Waals surface area contributed by atoms with Crippen molar-refractivity contribution in [3.8, 4) is 6.07 Å². The van der Waals surface area contributed by atoms with Gasteiger partial charge in [-0.3, -0.25) is 0 Å². The van der Waals surface area contributed by atoms with Gasteiger partial charge < -0.3 is 9.64 Å². The quantitative estimate of drug-likeness (QED) is 0.893. The highest BCUT2D eigenvalue weighted by molar-refractivity contribution is 7.89. The topological polar surface area (TPSA) is 96.4 Å². The van der Waals surface area contributed by atoms with Gasteiger partial charge in [0, 0.05) is 12.6 Å². The number of nitriles is 1. The number of rotatable bonds is 3. The fourth-order valence-corrected chi connectivity index (χ4v) is 3.62. The summed E-state index contributed by atoms with van der Waals surface area (Å²) < 4.78 is 28.5. The average Bonchev–Trinajstić information content (AvgIpc) is 2.73. The molecule has 1 aromatic carbocycles. The number of hydrogen-bond donors (Lipinski definition) is 1. The summed E-state index contributed by atoms with van der Waals surface area (Å²) in [5.74, 6) is 0.699. The molecule has 0 saturated heterocycles. The van der Waals surface area contributed by atoms with Gasteiger partial charge in [-0.25, -0.2) is 13.6 Å². The SMILES string of the molecule is COC1=CC=C2C(C#N)=C(c3cccc(S(N)(=O)=O)c3)N(C)C2C=C1. The summed E-state index contributed by atoms with van der Waals surface area (Å²) in [4.78, 5) is 1.96. The van der Waals surface area contributed by atoms with Crippen LogP contribution in [0.4, 0.5) is 0 Å². The maximum atomic E-state index is 11.6. The molecular formula is C18H17N3O3S. The number of methoxy groups -OCH3 is 1. The number of ether oxygens (including phenoxy) is 1. The Morgan fingerprint density at radius 1 is 1.32 bits per heavy atom. The van der Waals surface area contributed by atoms with Crippen LogP contribution in [0.15, 0.2) is 70.4 Å². The molecule has 6 nitrogen and oxygen atoms in total. The summed E-state index contributed by atoms with van der Waals surface area (Å²) in [6.07, 6.45) is 7.46. The van der Waals surface area contributed by atoms with Gasteiger partial charge in [0.25, 0.3) is 0 Å². The number of likely N-dealkylation sites (N-methyl/N-ethyl adjacent to an activating group) is 1. The van der Waals surface area contributed by atoms with Crippen molar-refractivity contribution in [3.05, 3.63) is 71.0 Å². The van der Waals surface area contributed by atoms with Crippen molar-refractivity contribution in [1.82, 2.24) is 4.90 Å². The molecule has 1 aliphatic carbocycles. The molecule has 1 unspecified atom stereocenters. The predicted molar refractivity (Wildman–Crippen MR) is 94.2 cm³/mol. The lowest BCUT2D eigenvalue weighted by atomic mass is 10.0. The maximum Gasteiger partial charge on any atom is 0.238 e. The molecule has 1 aliphatic heterocycles. The number of fused-ring (bicyclic) bond motifs is 1. The van der Waals surface area contributed by atoms with Crippen molar-refractivity contribution in [2.45, 2.75) is 10.9 Å². The molecule has 128 valence electrons. The zero-order chi connectivity index (χ0) is 18.2. The van der Waals surface area contributed by atoms with Crippen LogP contribution in [0.5, 0.6) is 0 Å². The number of primary sulfonamides is 1. The van der Waals surface area contributed by atoms with Crippen molar-refractivity contribution in [2.75, 3.05) is 14.2 Å². The van der Waals surface area contributed by atoms with Crippen LogP contribution in [0.3, 0.4) is 0 Å². The number of sulfonamides is 1. The van der Waals surface area contributed by atoms with Crippen LogP contribution in [0.2, 0.25) is 0 Å². The van der Waals surface area contributed by atoms with Crippen LogP contribution in [0.25, 0.3) is 5.70 Å². The van der Waals surface area contributed by atoms with Crippen molar-refractivity contribution in [1.29, 1.82) is 5.26 Å². The fraction of sp³-hybridized carbons (Fsp3) is 0.167. The molecular weight excluding hydrogens is 338 g/mol. The first-order chi connectivity index (χ1) is 11.9. The number of nitrogens with zero attached hydrogens (tertiary/aromatic N) is 2. The van der Waals surface area contributed by atoms with Crippen LogP contribution in [-0.4, -0.2) is 33.5 Å². The zero-order valence-corrected chi connectivity index (χ0v) is 14.6. The lowest BCUT2D eigenvalue weighted by molar-refractivity contribution is 0.306. The minimum atomic E-state index is -3.82. The summed E-state index contributed by atoms with van der Waals surface area (Å²) in [6.45, 7) is 0. The van der Waals surface area contributed by atoms with Gasteiger partial charge >= 0.3 is 0 Å². The molecule has 1 heterocycles. The monoisotopic (exact) mass is 355 g/mol. The van der Waals surface area contributed by atoms with Crippen molar-refractivity contribution in [3.63, 3.8) is 0 Å². The minimum Gasteiger partial charge on any atom is -0.497 e. The Morgan fingerprint density at radius 3 is 2.72 bits per heavy atom. The Labute approximate surface area is 146 Å². The summed E-state index contributed by atoms with van der Waals surface area (Å²) in [5.41, 5.74) is 2.63. The molecule has 0 bridgehead atoms. The Bertz CT molecular complexity index is 995. The van der Waals surface area contributed by atoms with Gasteiger partial charge in [-0.05, 0) is 29.9 Å². The van der Waals surface area contributed by atoms with E-state index in [1.807, 2.05) is 30.2 Å². The van der Waals surface area contributed by atoms with E-state index in [9.17, 15) is 13.7 Å². The molecule has 1 atom stereocenters. The molecule has 2 aliphatic rings. The molecule has 2 N–H and O–H groups in total.